The molecule has 1 aliphatic rings. The fourth-order valence-electron chi connectivity index (χ4n) is 1.66. The third-order valence-corrected chi connectivity index (χ3v) is 2.64. The highest BCUT2D eigenvalue weighted by atomic mass is 35.5. The zero-order valence-electron chi connectivity index (χ0n) is 8.25. The van der Waals surface area contributed by atoms with Crippen LogP contribution in [0.1, 0.15) is 23.5 Å². The summed E-state index contributed by atoms with van der Waals surface area (Å²) in [5.41, 5.74) is 7.25. The molecule has 0 aromatic heterocycles. The fourth-order valence-corrected chi connectivity index (χ4v) is 1.66. The fraction of sp³-hybridized carbons (Fsp3) is 0.455. The highest BCUT2D eigenvalue weighted by Crippen LogP contribution is 2.55. The first kappa shape index (κ1) is 12.4. The third-order valence-electron chi connectivity index (χ3n) is 2.64. The minimum absolute atomic E-state index is 0. The molecule has 0 aliphatic heterocycles. The maximum absolute atomic E-state index is 12.7. The average molecular weight is 234 g/mol. The summed E-state index contributed by atoms with van der Waals surface area (Å²) < 4.78 is 25.4. The van der Waals surface area contributed by atoms with Crippen molar-refractivity contribution in [2.24, 2.45) is 5.73 Å². The second kappa shape index (κ2) is 4.45. The molecule has 1 nitrogen and oxygen atoms in total. The standard InChI is InChI=1S/C11H13F2N.ClH/c12-11(13)7-10(11)9-3-1-8(2-4-9)5-6-14;/h1-4,10H,5-7,14H2;1H. The van der Waals surface area contributed by atoms with Crippen LogP contribution < -0.4 is 5.73 Å². The molecule has 4 heteroatoms. The van der Waals surface area contributed by atoms with Gasteiger partial charge in [0, 0.05) is 6.42 Å². The van der Waals surface area contributed by atoms with Crippen LogP contribution in [0.4, 0.5) is 8.78 Å². The van der Waals surface area contributed by atoms with Gasteiger partial charge < -0.3 is 5.73 Å². The lowest BCUT2D eigenvalue weighted by Crippen LogP contribution is -2.02. The van der Waals surface area contributed by atoms with Gasteiger partial charge >= 0.3 is 0 Å². The molecule has 2 N–H and O–H groups in total. The van der Waals surface area contributed by atoms with E-state index in [0.717, 1.165) is 17.5 Å². The molecule has 1 unspecified atom stereocenters. The molecule has 0 saturated heterocycles. The maximum atomic E-state index is 12.7. The van der Waals surface area contributed by atoms with Gasteiger partial charge in [-0.3, -0.25) is 0 Å². The molecular weight excluding hydrogens is 220 g/mol. The average Bonchev–Trinajstić information content (AvgIpc) is 2.77. The number of halogens is 3. The Morgan fingerprint density at radius 3 is 2.20 bits per heavy atom. The Hall–Kier alpha value is -0.670. The molecule has 1 fully saturated rings. The molecule has 0 bridgehead atoms. The van der Waals surface area contributed by atoms with Crippen molar-refractivity contribution in [2.75, 3.05) is 6.54 Å². The number of benzene rings is 1. The smallest absolute Gasteiger partial charge is 0.255 e. The Balaban J connectivity index is 0.00000112. The molecule has 0 heterocycles. The van der Waals surface area contributed by atoms with Crippen molar-refractivity contribution in [2.45, 2.75) is 24.7 Å². The quantitative estimate of drug-likeness (QED) is 0.854. The number of alkyl halides is 2. The first-order chi connectivity index (χ1) is 6.63. The molecule has 0 spiro atoms. The van der Waals surface area contributed by atoms with Crippen LogP contribution in [0, 0.1) is 0 Å². The van der Waals surface area contributed by atoms with Crippen LogP contribution in [0.3, 0.4) is 0 Å². The normalized spacial score (nSPS) is 21.9. The van der Waals surface area contributed by atoms with Crippen LogP contribution in [-0.4, -0.2) is 12.5 Å². The minimum Gasteiger partial charge on any atom is -0.330 e. The molecule has 1 aromatic carbocycles. The van der Waals surface area contributed by atoms with Gasteiger partial charge in [-0.15, -0.1) is 12.4 Å². The lowest BCUT2D eigenvalue weighted by molar-refractivity contribution is 0.112. The van der Waals surface area contributed by atoms with E-state index in [1.807, 2.05) is 12.1 Å². The van der Waals surface area contributed by atoms with E-state index in [9.17, 15) is 8.78 Å². The summed E-state index contributed by atoms with van der Waals surface area (Å²) in [6, 6.07) is 7.35. The van der Waals surface area contributed by atoms with E-state index >= 15 is 0 Å². The van der Waals surface area contributed by atoms with Gasteiger partial charge in [-0.25, -0.2) is 8.78 Å². The van der Waals surface area contributed by atoms with Crippen molar-refractivity contribution in [1.82, 2.24) is 0 Å². The first-order valence-electron chi connectivity index (χ1n) is 4.80. The second-order valence-corrected chi connectivity index (χ2v) is 3.80. The number of hydrogen-bond acceptors (Lipinski definition) is 1. The number of rotatable bonds is 3. The predicted molar refractivity (Wildman–Crippen MR) is 58.8 cm³/mol. The van der Waals surface area contributed by atoms with Gasteiger partial charge in [-0.1, -0.05) is 24.3 Å². The van der Waals surface area contributed by atoms with Crippen molar-refractivity contribution in [3.63, 3.8) is 0 Å². The zero-order chi connectivity index (χ0) is 10.2. The van der Waals surface area contributed by atoms with Gasteiger partial charge in [-0.2, -0.15) is 0 Å². The Morgan fingerprint density at radius 1 is 1.27 bits per heavy atom. The van der Waals surface area contributed by atoms with Gasteiger partial charge in [-0.05, 0) is 24.1 Å². The van der Waals surface area contributed by atoms with Crippen molar-refractivity contribution in [1.29, 1.82) is 0 Å². The van der Waals surface area contributed by atoms with Gasteiger partial charge in [0.2, 0.25) is 0 Å². The van der Waals surface area contributed by atoms with Crippen molar-refractivity contribution < 1.29 is 8.78 Å². The largest absolute Gasteiger partial charge is 0.330 e. The van der Waals surface area contributed by atoms with E-state index in [4.69, 9.17) is 5.73 Å². The lowest BCUT2D eigenvalue weighted by Gasteiger charge is -2.01. The molecule has 2 rings (SSSR count). The Bertz CT molecular complexity index is 324. The van der Waals surface area contributed by atoms with E-state index in [1.165, 1.54) is 0 Å². The predicted octanol–water partition coefficient (Wildman–Crippen LogP) is 2.73. The third kappa shape index (κ3) is 2.67. The van der Waals surface area contributed by atoms with Gasteiger partial charge in [0.25, 0.3) is 5.92 Å². The lowest BCUT2D eigenvalue weighted by atomic mass is 10.1. The molecule has 0 amide bonds. The van der Waals surface area contributed by atoms with E-state index in [2.05, 4.69) is 0 Å². The van der Waals surface area contributed by atoms with E-state index in [0.29, 0.717) is 6.54 Å². The van der Waals surface area contributed by atoms with Gasteiger partial charge in [0.05, 0.1) is 5.92 Å². The van der Waals surface area contributed by atoms with E-state index < -0.39 is 11.8 Å². The molecular formula is C11H14ClF2N. The van der Waals surface area contributed by atoms with Gasteiger partial charge in [0.15, 0.2) is 0 Å². The van der Waals surface area contributed by atoms with E-state index in [1.54, 1.807) is 12.1 Å². The van der Waals surface area contributed by atoms with Crippen LogP contribution in [0.15, 0.2) is 24.3 Å². The van der Waals surface area contributed by atoms with Crippen molar-refractivity contribution >= 4 is 12.4 Å². The van der Waals surface area contributed by atoms with E-state index in [-0.39, 0.29) is 18.8 Å². The Morgan fingerprint density at radius 2 is 1.80 bits per heavy atom. The SMILES string of the molecule is Cl.NCCc1ccc(C2CC2(F)F)cc1. The summed E-state index contributed by atoms with van der Waals surface area (Å²) in [6.45, 7) is 0.596. The molecule has 1 atom stereocenters. The van der Waals surface area contributed by atoms with Crippen molar-refractivity contribution in [3.05, 3.63) is 35.4 Å². The van der Waals surface area contributed by atoms with Crippen LogP contribution in [-0.2, 0) is 6.42 Å². The van der Waals surface area contributed by atoms with Crippen LogP contribution >= 0.6 is 12.4 Å². The topological polar surface area (TPSA) is 26.0 Å². The molecule has 0 radical (unpaired) electrons. The summed E-state index contributed by atoms with van der Waals surface area (Å²) >= 11 is 0. The van der Waals surface area contributed by atoms with Crippen molar-refractivity contribution in [3.8, 4) is 0 Å². The summed E-state index contributed by atoms with van der Waals surface area (Å²) in [7, 11) is 0. The minimum atomic E-state index is -2.46. The Kier molecular flexibility index (Phi) is 3.68. The highest BCUT2D eigenvalue weighted by Gasteiger charge is 2.57. The first-order valence-corrected chi connectivity index (χ1v) is 4.80. The van der Waals surface area contributed by atoms with Crippen LogP contribution in [0.25, 0.3) is 0 Å². The molecule has 1 aliphatic carbocycles. The summed E-state index contributed by atoms with van der Waals surface area (Å²) in [5.74, 6) is -3.01. The highest BCUT2D eigenvalue weighted by molar-refractivity contribution is 5.85. The second-order valence-electron chi connectivity index (χ2n) is 3.80. The molecule has 84 valence electrons. The van der Waals surface area contributed by atoms with Gasteiger partial charge in [0.1, 0.15) is 0 Å². The zero-order valence-corrected chi connectivity index (χ0v) is 9.07. The number of hydrogen-bond donors (Lipinski definition) is 1. The summed E-state index contributed by atoms with van der Waals surface area (Å²) in [6.07, 6.45) is 0.810. The summed E-state index contributed by atoms with van der Waals surface area (Å²) in [4.78, 5) is 0. The molecule has 1 aromatic rings. The maximum Gasteiger partial charge on any atom is 0.255 e. The molecule has 1 saturated carbocycles. The Labute approximate surface area is 94.1 Å². The number of nitrogens with two attached hydrogens (primary N) is 1. The summed E-state index contributed by atoms with van der Waals surface area (Å²) in [5, 5.41) is 0. The van der Waals surface area contributed by atoms with Crippen LogP contribution in [0.2, 0.25) is 0 Å². The monoisotopic (exact) mass is 233 g/mol. The van der Waals surface area contributed by atoms with Crippen LogP contribution in [0.5, 0.6) is 0 Å². The molecule has 15 heavy (non-hydrogen) atoms.